The third-order valence-corrected chi connectivity index (χ3v) is 7.09. The first kappa shape index (κ1) is 29.1. The van der Waals surface area contributed by atoms with Gasteiger partial charge in [0.1, 0.15) is 12.4 Å². The Morgan fingerprint density at radius 3 is 2.70 bits per heavy atom. The van der Waals surface area contributed by atoms with Crippen LogP contribution in [0.5, 0.6) is 0 Å². The van der Waals surface area contributed by atoms with E-state index < -0.39 is 6.04 Å². The summed E-state index contributed by atoms with van der Waals surface area (Å²) in [5.74, 6) is -0.139. The molecule has 0 radical (unpaired) electrons. The predicted molar refractivity (Wildman–Crippen MR) is 154 cm³/mol. The summed E-state index contributed by atoms with van der Waals surface area (Å²) in [7, 11) is 0. The molecule has 2 amide bonds. The van der Waals surface area contributed by atoms with E-state index in [0.717, 1.165) is 29.7 Å². The number of benzene rings is 2. The van der Waals surface area contributed by atoms with Crippen LogP contribution in [0.1, 0.15) is 24.5 Å². The van der Waals surface area contributed by atoms with Crippen LogP contribution in [0.2, 0.25) is 5.02 Å². The SMILES string of the molecule is C[C@H](NC(=O)[C@H]1C[C@H](Cc2ccc(-c3cccnc3)cc2)CN1)C(=O)NCc1cc(Cl)ccc1-n1cnnn1.Cl. The number of carbonyl (C=O) groups excluding carboxylic acids is 2. The molecule has 0 saturated carbocycles. The van der Waals surface area contributed by atoms with Gasteiger partial charge in [0.2, 0.25) is 11.8 Å². The highest BCUT2D eigenvalue weighted by Crippen LogP contribution is 2.23. The number of tetrazole rings is 1. The molecule has 1 aliphatic rings. The highest BCUT2D eigenvalue weighted by Gasteiger charge is 2.31. The molecule has 0 unspecified atom stereocenters. The fourth-order valence-electron chi connectivity index (χ4n) is 4.77. The Balaban J connectivity index is 0.00000370. The molecule has 1 fully saturated rings. The van der Waals surface area contributed by atoms with E-state index in [1.807, 2.05) is 18.3 Å². The van der Waals surface area contributed by atoms with E-state index in [0.29, 0.717) is 23.0 Å². The van der Waals surface area contributed by atoms with Crippen LogP contribution in [0.4, 0.5) is 0 Å². The van der Waals surface area contributed by atoms with Crippen LogP contribution in [-0.4, -0.2) is 55.6 Å². The molecule has 10 nitrogen and oxygen atoms in total. The molecular formula is C28H30Cl2N8O2. The first-order valence-corrected chi connectivity index (χ1v) is 13.2. The Bertz CT molecular complexity index is 1420. The van der Waals surface area contributed by atoms with E-state index in [-0.39, 0.29) is 36.8 Å². The second-order valence-electron chi connectivity index (χ2n) is 9.68. The second-order valence-corrected chi connectivity index (χ2v) is 10.1. The van der Waals surface area contributed by atoms with Gasteiger partial charge in [0.15, 0.2) is 0 Å². The van der Waals surface area contributed by atoms with Gasteiger partial charge in [0, 0.05) is 24.0 Å². The third-order valence-electron chi connectivity index (χ3n) is 6.85. The van der Waals surface area contributed by atoms with Gasteiger partial charge in [0.05, 0.1) is 11.7 Å². The van der Waals surface area contributed by atoms with Gasteiger partial charge in [-0.2, -0.15) is 0 Å². The summed E-state index contributed by atoms with van der Waals surface area (Å²) in [5.41, 5.74) is 4.89. The number of hydrogen-bond acceptors (Lipinski definition) is 7. The first-order chi connectivity index (χ1) is 19.0. The molecule has 2 aromatic heterocycles. The Hall–Kier alpha value is -3.86. The lowest BCUT2D eigenvalue weighted by Crippen LogP contribution is -2.50. The fraction of sp³-hybridized carbons (Fsp3) is 0.286. The minimum absolute atomic E-state index is 0. The van der Waals surface area contributed by atoms with Gasteiger partial charge in [-0.15, -0.1) is 17.5 Å². The lowest BCUT2D eigenvalue weighted by Gasteiger charge is -2.18. The van der Waals surface area contributed by atoms with Crippen LogP contribution in [0.15, 0.2) is 73.3 Å². The molecule has 12 heteroatoms. The summed E-state index contributed by atoms with van der Waals surface area (Å²) in [6, 6.07) is 16.7. The lowest BCUT2D eigenvalue weighted by atomic mass is 9.95. The maximum absolute atomic E-state index is 12.9. The van der Waals surface area contributed by atoms with Crippen molar-refractivity contribution in [3.63, 3.8) is 0 Å². The largest absolute Gasteiger partial charge is 0.350 e. The zero-order valence-electron chi connectivity index (χ0n) is 21.8. The number of pyridine rings is 1. The summed E-state index contributed by atoms with van der Waals surface area (Å²) in [6.07, 6.45) is 6.68. The summed E-state index contributed by atoms with van der Waals surface area (Å²) in [6.45, 7) is 2.62. The van der Waals surface area contributed by atoms with Crippen molar-refractivity contribution in [3.8, 4) is 16.8 Å². The van der Waals surface area contributed by atoms with Gasteiger partial charge >= 0.3 is 0 Å². The van der Waals surface area contributed by atoms with E-state index >= 15 is 0 Å². The topological polar surface area (TPSA) is 127 Å². The smallest absolute Gasteiger partial charge is 0.242 e. The van der Waals surface area contributed by atoms with Crippen molar-refractivity contribution in [3.05, 3.63) is 89.5 Å². The number of aromatic nitrogens is 5. The fourth-order valence-corrected chi connectivity index (χ4v) is 4.96. The first-order valence-electron chi connectivity index (χ1n) is 12.8. The average Bonchev–Trinajstić information content (AvgIpc) is 3.66. The van der Waals surface area contributed by atoms with E-state index in [4.69, 9.17) is 11.6 Å². The minimum atomic E-state index is -0.700. The van der Waals surface area contributed by atoms with Crippen molar-refractivity contribution in [2.24, 2.45) is 5.92 Å². The summed E-state index contributed by atoms with van der Waals surface area (Å²) in [5, 5.41) is 20.8. The Kier molecular flexibility index (Phi) is 9.81. The van der Waals surface area contributed by atoms with Crippen molar-refractivity contribution in [2.45, 2.75) is 38.4 Å². The highest BCUT2D eigenvalue weighted by atomic mass is 35.5. The number of halogens is 2. The van der Waals surface area contributed by atoms with Crippen LogP contribution in [-0.2, 0) is 22.6 Å². The normalized spacial score (nSPS) is 17.1. The molecule has 208 valence electrons. The molecule has 0 bridgehead atoms. The number of amides is 2. The number of rotatable bonds is 9. The van der Waals surface area contributed by atoms with Crippen molar-refractivity contribution in [1.29, 1.82) is 0 Å². The van der Waals surface area contributed by atoms with Crippen molar-refractivity contribution >= 4 is 35.8 Å². The quantitative estimate of drug-likeness (QED) is 0.277. The van der Waals surface area contributed by atoms with Gasteiger partial charge in [0.25, 0.3) is 0 Å². The van der Waals surface area contributed by atoms with E-state index in [1.54, 1.807) is 31.3 Å². The Labute approximate surface area is 243 Å². The summed E-state index contributed by atoms with van der Waals surface area (Å²) in [4.78, 5) is 29.8. The van der Waals surface area contributed by atoms with Gasteiger partial charge in [-0.1, -0.05) is 41.9 Å². The Morgan fingerprint density at radius 2 is 1.98 bits per heavy atom. The van der Waals surface area contributed by atoms with Gasteiger partial charge in [-0.25, -0.2) is 4.68 Å². The number of nitrogens with one attached hydrogen (secondary N) is 3. The molecule has 3 atom stereocenters. The van der Waals surface area contributed by atoms with Crippen molar-refractivity contribution in [1.82, 2.24) is 41.1 Å². The second kappa shape index (κ2) is 13.5. The summed E-state index contributed by atoms with van der Waals surface area (Å²) >= 11 is 6.15. The van der Waals surface area contributed by atoms with Crippen LogP contribution < -0.4 is 16.0 Å². The number of hydrogen-bond donors (Lipinski definition) is 3. The van der Waals surface area contributed by atoms with Crippen molar-refractivity contribution < 1.29 is 9.59 Å². The minimum Gasteiger partial charge on any atom is -0.350 e. The zero-order valence-corrected chi connectivity index (χ0v) is 23.4. The van der Waals surface area contributed by atoms with Gasteiger partial charge < -0.3 is 16.0 Å². The van der Waals surface area contributed by atoms with E-state index in [1.165, 1.54) is 16.6 Å². The molecule has 4 aromatic rings. The van der Waals surface area contributed by atoms with Crippen LogP contribution in [0.25, 0.3) is 16.8 Å². The highest BCUT2D eigenvalue weighted by molar-refractivity contribution is 6.30. The Morgan fingerprint density at radius 1 is 1.15 bits per heavy atom. The van der Waals surface area contributed by atoms with E-state index in [9.17, 15) is 9.59 Å². The van der Waals surface area contributed by atoms with E-state index in [2.05, 4.69) is 60.7 Å². The lowest BCUT2D eigenvalue weighted by molar-refractivity contribution is -0.129. The molecule has 0 spiro atoms. The number of carbonyl (C=O) groups is 2. The van der Waals surface area contributed by atoms with Gasteiger partial charge in [-0.05, 0) is 89.2 Å². The monoisotopic (exact) mass is 580 g/mol. The molecule has 1 saturated heterocycles. The maximum Gasteiger partial charge on any atom is 0.242 e. The molecule has 5 rings (SSSR count). The third kappa shape index (κ3) is 7.20. The molecular weight excluding hydrogens is 551 g/mol. The summed E-state index contributed by atoms with van der Waals surface area (Å²) < 4.78 is 1.50. The molecule has 3 heterocycles. The maximum atomic E-state index is 12.9. The van der Waals surface area contributed by atoms with Crippen LogP contribution in [0.3, 0.4) is 0 Å². The molecule has 2 aromatic carbocycles. The number of nitrogens with zero attached hydrogens (tertiary/aromatic N) is 5. The standard InChI is InChI=1S/C28H29ClN8O2.ClH/c1-18(27(38)32-16-23-13-24(29)8-9-26(23)37-17-33-35-36-37)34-28(39)25-12-20(14-31-25)11-19-4-6-21(7-5-19)22-3-2-10-30-15-22;/h2-10,13,15,17-18,20,25,31H,11-12,14,16H2,1H3,(H,32,38)(H,34,39);1H/t18-,20-,25+;/m0./s1. The average molecular weight is 582 g/mol. The van der Waals surface area contributed by atoms with Crippen molar-refractivity contribution in [2.75, 3.05) is 6.54 Å². The predicted octanol–water partition coefficient (Wildman–Crippen LogP) is 3.14. The molecule has 0 aliphatic carbocycles. The van der Waals surface area contributed by atoms with Gasteiger partial charge in [-0.3, -0.25) is 14.6 Å². The molecule has 40 heavy (non-hydrogen) atoms. The zero-order chi connectivity index (χ0) is 27.2. The van der Waals surface area contributed by atoms with Crippen LogP contribution in [0, 0.1) is 5.92 Å². The molecule has 1 aliphatic heterocycles. The van der Waals surface area contributed by atoms with Crippen LogP contribution >= 0.6 is 24.0 Å². The molecule has 3 N–H and O–H groups in total.